The van der Waals surface area contributed by atoms with Crippen molar-refractivity contribution in [3.8, 4) is 0 Å². The molecule has 1 aliphatic heterocycles. The number of para-hydroxylation sites is 1. The minimum absolute atomic E-state index is 0.0994. The Hall–Kier alpha value is -2.48. The number of aromatic nitrogens is 2. The van der Waals surface area contributed by atoms with Crippen LogP contribution >= 0.6 is 11.3 Å². The Morgan fingerprint density at radius 3 is 2.56 bits per heavy atom. The molecule has 2 heterocycles. The van der Waals surface area contributed by atoms with E-state index in [0.29, 0.717) is 18.2 Å². The minimum atomic E-state index is -0.248. The molecule has 27 heavy (non-hydrogen) atoms. The SMILES string of the molecule is CC(C)(C)c1nnc(NC(=O)C2CCCN(C(=O)Nc3ccccc3)C2)s1. The Labute approximate surface area is 163 Å². The van der Waals surface area contributed by atoms with Crippen LogP contribution in [-0.4, -0.2) is 40.1 Å². The van der Waals surface area contributed by atoms with E-state index in [0.717, 1.165) is 23.5 Å². The molecule has 1 aromatic carbocycles. The summed E-state index contributed by atoms with van der Waals surface area (Å²) in [5, 5.41) is 15.4. The van der Waals surface area contributed by atoms with Gasteiger partial charge in [-0.3, -0.25) is 4.79 Å². The van der Waals surface area contributed by atoms with Crippen LogP contribution in [0.1, 0.15) is 38.6 Å². The van der Waals surface area contributed by atoms with E-state index in [9.17, 15) is 9.59 Å². The monoisotopic (exact) mass is 387 g/mol. The predicted octanol–water partition coefficient (Wildman–Crippen LogP) is 3.72. The van der Waals surface area contributed by atoms with Crippen LogP contribution in [0.4, 0.5) is 15.6 Å². The zero-order valence-corrected chi connectivity index (χ0v) is 16.7. The highest BCUT2D eigenvalue weighted by Crippen LogP contribution is 2.28. The first-order chi connectivity index (χ1) is 12.8. The highest BCUT2D eigenvalue weighted by Gasteiger charge is 2.29. The molecule has 1 atom stereocenters. The number of piperidine rings is 1. The van der Waals surface area contributed by atoms with E-state index in [1.54, 1.807) is 4.90 Å². The minimum Gasteiger partial charge on any atom is -0.324 e. The maximum Gasteiger partial charge on any atom is 0.321 e. The van der Waals surface area contributed by atoms with Crippen LogP contribution in [-0.2, 0) is 10.2 Å². The van der Waals surface area contributed by atoms with E-state index in [1.165, 1.54) is 11.3 Å². The lowest BCUT2D eigenvalue weighted by Crippen LogP contribution is -2.45. The lowest BCUT2D eigenvalue weighted by atomic mass is 9.97. The van der Waals surface area contributed by atoms with Crippen molar-refractivity contribution >= 4 is 34.1 Å². The second-order valence-corrected chi connectivity index (χ2v) is 8.71. The number of hydrogen-bond acceptors (Lipinski definition) is 5. The molecule has 1 saturated heterocycles. The van der Waals surface area contributed by atoms with Crippen LogP contribution in [0.5, 0.6) is 0 Å². The fourth-order valence-corrected chi connectivity index (χ4v) is 3.69. The smallest absolute Gasteiger partial charge is 0.321 e. The molecular weight excluding hydrogens is 362 g/mol. The number of likely N-dealkylation sites (tertiary alicyclic amines) is 1. The van der Waals surface area contributed by atoms with Gasteiger partial charge in [0.1, 0.15) is 5.01 Å². The predicted molar refractivity (Wildman–Crippen MR) is 107 cm³/mol. The third-order valence-electron chi connectivity index (χ3n) is 4.40. The Kier molecular flexibility index (Phi) is 5.74. The second-order valence-electron chi connectivity index (χ2n) is 7.73. The van der Waals surface area contributed by atoms with Gasteiger partial charge in [0.25, 0.3) is 0 Å². The Morgan fingerprint density at radius 2 is 1.89 bits per heavy atom. The lowest BCUT2D eigenvalue weighted by Gasteiger charge is -2.31. The summed E-state index contributed by atoms with van der Waals surface area (Å²) < 4.78 is 0. The molecule has 1 aromatic heterocycles. The molecule has 144 valence electrons. The van der Waals surface area contributed by atoms with Gasteiger partial charge >= 0.3 is 6.03 Å². The molecule has 1 aliphatic rings. The van der Waals surface area contributed by atoms with Gasteiger partial charge in [-0.05, 0) is 25.0 Å². The van der Waals surface area contributed by atoms with Crippen molar-refractivity contribution in [2.75, 3.05) is 23.7 Å². The molecular formula is C19H25N5O2S. The van der Waals surface area contributed by atoms with E-state index in [2.05, 4.69) is 41.6 Å². The van der Waals surface area contributed by atoms with E-state index >= 15 is 0 Å². The van der Waals surface area contributed by atoms with Gasteiger partial charge in [0.15, 0.2) is 0 Å². The molecule has 0 radical (unpaired) electrons. The standard InChI is InChI=1S/C19H25N5O2S/c1-19(2,3)16-22-23-17(27-16)21-15(25)13-8-7-11-24(12-13)18(26)20-14-9-5-4-6-10-14/h4-6,9-10,13H,7-8,11-12H2,1-3H3,(H,20,26)(H,21,23,25). The van der Waals surface area contributed by atoms with Crippen molar-refractivity contribution in [3.05, 3.63) is 35.3 Å². The molecule has 0 bridgehead atoms. The van der Waals surface area contributed by atoms with Crippen LogP contribution in [0.3, 0.4) is 0 Å². The Bertz CT molecular complexity index is 800. The first-order valence-corrected chi connectivity index (χ1v) is 9.90. The number of nitrogens with zero attached hydrogens (tertiary/aromatic N) is 3. The van der Waals surface area contributed by atoms with Crippen LogP contribution in [0, 0.1) is 5.92 Å². The van der Waals surface area contributed by atoms with Crippen molar-refractivity contribution in [1.29, 1.82) is 0 Å². The van der Waals surface area contributed by atoms with Gasteiger partial charge in [-0.2, -0.15) is 0 Å². The molecule has 1 unspecified atom stereocenters. The molecule has 3 rings (SSSR count). The van der Waals surface area contributed by atoms with Crippen LogP contribution in [0.15, 0.2) is 30.3 Å². The maximum absolute atomic E-state index is 12.6. The van der Waals surface area contributed by atoms with Gasteiger partial charge in [0.05, 0.1) is 5.92 Å². The number of amides is 3. The average Bonchev–Trinajstić information content (AvgIpc) is 3.11. The van der Waals surface area contributed by atoms with E-state index in [4.69, 9.17) is 0 Å². The summed E-state index contributed by atoms with van der Waals surface area (Å²) >= 11 is 1.39. The van der Waals surface area contributed by atoms with Crippen molar-refractivity contribution in [2.45, 2.75) is 39.0 Å². The summed E-state index contributed by atoms with van der Waals surface area (Å²) in [6, 6.07) is 9.15. The highest BCUT2D eigenvalue weighted by molar-refractivity contribution is 7.15. The molecule has 0 saturated carbocycles. The normalized spacial score (nSPS) is 17.4. The number of urea groups is 1. The topological polar surface area (TPSA) is 87.2 Å². The highest BCUT2D eigenvalue weighted by atomic mass is 32.1. The molecule has 1 fully saturated rings. The summed E-state index contributed by atoms with van der Waals surface area (Å²) in [6.45, 7) is 7.22. The summed E-state index contributed by atoms with van der Waals surface area (Å²) in [5.41, 5.74) is 0.648. The van der Waals surface area contributed by atoms with Crippen LogP contribution in [0.2, 0.25) is 0 Å². The summed E-state index contributed by atoms with van der Waals surface area (Å²) in [5.74, 6) is -0.355. The van der Waals surface area contributed by atoms with Crippen LogP contribution < -0.4 is 10.6 Å². The number of anilines is 2. The summed E-state index contributed by atoms with van der Waals surface area (Å²) in [6.07, 6.45) is 1.55. The summed E-state index contributed by atoms with van der Waals surface area (Å²) in [4.78, 5) is 26.8. The third-order valence-corrected chi connectivity index (χ3v) is 5.67. The molecule has 0 spiro atoms. The van der Waals surface area contributed by atoms with Gasteiger partial charge in [0, 0.05) is 24.2 Å². The second kappa shape index (κ2) is 8.04. The molecule has 0 aliphatic carbocycles. The van der Waals surface area contributed by atoms with Crippen LogP contribution in [0.25, 0.3) is 0 Å². The molecule has 8 heteroatoms. The Balaban J connectivity index is 1.57. The number of carbonyl (C=O) groups is 2. The van der Waals surface area contributed by atoms with E-state index in [1.807, 2.05) is 30.3 Å². The van der Waals surface area contributed by atoms with Crippen molar-refractivity contribution < 1.29 is 9.59 Å². The fraction of sp³-hybridized carbons (Fsp3) is 0.474. The molecule has 2 aromatic rings. The number of hydrogen-bond donors (Lipinski definition) is 2. The maximum atomic E-state index is 12.6. The van der Waals surface area contributed by atoms with Crippen molar-refractivity contribution in [3.63, 3.8) is 0 Å². The largest absolute Gasteiger partial charge is 0.324 e. The van der Waals surface area contributed by atoms with Gasteiger partial charge in [-0.25, -0.2) is 4.79 Å². The lowest BCUT2D eigenvalue weighted by molar-refractivity contribution is -0.121. The molecule has 3 amide bonds. The molecule has 7 nitrogen and oxygen atoms in total. The zero-order valence-electron chi connectivity index (χ0n) is 15.9. The van der Waals surface area contributed by atoms with Gasteiger partial charge in [-0.15, -0.1) is 10.2 Å². The Morgan fingerprint density at radius 1 is 1.15 bits per heavy atom. The fourth-order valence-electron chi connectivity index (χ4n) is 2.88. The molecule has 2 N–H and O–H groups in total. The number of rotatable bonds is 3. The van der Waals surface area contributed by atoms with Crippen molar-refractivity contribution in [1.82, 2.24) is 15.1 Å². The van der Waals surface area contributed by atoms with Gasteiger partial charge in [-0.1, -0.05) is 50.3 Å². The third kappa shape index (κ3) is 5.03. The first-order valence-electron chi connectivity index (χ1n) is 9.09. The van der Waals surface area contributed by atoms with Crippen molar-refractivity contribution in [2.24, 2.45) is 5.92 Å². The van der Waals surface area contributed by atoms with Gasteiger partial charge < -0.3 is 15.5 Å². The number of carbonyl (C=O) groups excluding carboxylic acids is 2. The first kappa shape index (κ1) is 19.3. The van der Waals surface area contributed by atoms with E-state index < -0.39 is 0 Å². The zero-order chi connectivity index (χ0) is 19.4. The summed E-state index contributed by atoms with van der Waals surface area (Å²) in [7, 11) is 0. The van der Waals surface area contributed by atoms with Gasteiger partial charge in [0.2, 0.25) is 11.0 Å². The average molecular weight is 388 g/mol. The quantitative estimate of drug-likeness (QED) is 0.840. The van der Waals surface area contributed by atoms with E-state index in [-0.39, 0.29) is 23.3 Å². The number of nitrogens with one attached hydrogen (secondary N) is 2. The number of benzene rings is 1.